The van der Waals surface area contributed by atoms with Gasteiger partial charge in [0.1, 0.15) is 11.5 Å². The van der Waals surface area contributed by atoms with Gasteiger partial charge in [-0.25, -0.2) is 0 Å². The Morgan fingerprint density at radius 1 is 1.04 bits per heavy atom. The highest BCUT2D eigenvalue weighted by molar-refractivity contribution is 5.24. The maximum atomic E-state index is 5.78. The maximum absolute atomic E-state index is 5.78. The minimum absolute atomic E-state index is 0.530. The molecule has 2 aromatic heterocycles. The molecule has 4 nitrogen and oxygen atoms in total. The molecule has 1 aliphatic carbocycles. The summed E-state index contributed by atoms with van der Waals surface area (Å²) in [7, 11) is 0. The molecule has 2 aromatic rings. The third-order valence-electron chi connectivity index (χ3n) is 7.48. The van der Waals surface area contributed by atoms with Crippen molar-refractivity contribution in [1.29, 1.82) is 0 Å². The molecule has 2 aliphatic heterocycles. The van der Waals surface area contributed by atoms with Gasteiger partial charge in [0, 0.05) is 49.5 Å². The molecule has 0 amide bonds. The Bertz CT molecular complexity index is 772. The molecule has 0 N–H and O–H groups in total. The van der Waals surface area contributed by atoms with Crippen LogP contribution in [0.1, 0.15) is 68.1 Å². The number of likely N-dealkylation sites (tertiary alicyclic amines) is 2. The molecule has 1 atom stereocenters. The van der Waals surface area contributed by atoms with E-state index in [1.807, 2.05) is 19.3 Å². The van der Waals surface area contributed by atoms with Crippen LogP contribution < -0.4 is 0 Å². The molecule has 28 heavy (non-hydrogen) atoms. The number of piperidine rings is 1. The van der Waals surface area contributed by atoms with Crippen LogP contribution >= 0.6 is 0 Å². The Balaban J connectivity index is 1.26. The zero-order valence-electron chi connectivity index (χ0n) is 17.1. The number of pyridine rings is 1. The average Bonchev–Trinajstić information content (AvgIpc) is 3.13. The van der Waals surface area contributed by atoms with Crippen molar-refractivity contribution in [3.63, 3.8) is 0 Å². The van der Waals surface area contributed by atoms with Gasteiger partial charge < -0.3 is 4.42 Å². The van der Waals surface area contributed by atoms with Crippen molar-refractivity contribution in [3.8, 4) is 0 Å². The zero-order chi connectivity index (χ0) is 19.0. The molecule has 4 heteroatoms. The second-order valence-electron chi connectivity index (χ2n) is 9.30. The highest BCUT2D eigenvalue weighted by Gasteiger charge is 2.54. The van der Waals surface area contributed by atoms with E-state index in [1.54, 1.807) is 0 Å². The first-order valence-electron chi connectivity index (χ1n) is 11.2. The Labute approximate surface area is 168 Å². The van der Waals surface area contributed by atoms with E-state index in [2.05, 4.69) is 39.0 Å². The molecule has 0 radical (unpaired) electrons. The van der Waals surface area contributed by atoms with E-state index in [4.69, 9.17) is 4.42 Å². The summed E-state index contributed by atoms with van der Waals surface area (Å²) in [6, 6.07) is 10.1. The van der Waals surface area contributed by atoms with Gasteiger partial charge >= 0.3 is 0 Å². The first kappa shape index (κ1) is 18.4. The SMILES string of the molecule is Cc1ccc(CN2CCC(N3CC4(CCCCC4)C3c3ccncc3)CC2)o1. The molecule has 5 rings (SSSR count). The molecule has 2 saturated heterocycles. The largest absolute Gasteiger partial charge is 0.465 e. The smallest absolute Gasteiger partial charge is 0.118 e. The Morgan fingerprint density at radius 3 is 2.46 bits per heavy atom. The fraction of sp³-hybridized carbons (Fsp3) is 0.625. The van der Waals surface area contributed by atoms with Gasteiger partial charge in [-0.05, 0) is 62.4 Å². The summed E-state index contributed by atoms with van der Waals surface area (Å²) in [6.07, 6.45) is 13.6. The molecular weight excluding hydrogens is 346 g/mol. The van der Waals surface area contributed by atoms with Crippen LogP contribution in [0.2, 0.25) is 0 Å². The lowest BCUT2D eigenvalue weighted by Gasteiger charge is -2.63. The van der Waals surface area contributed by atoms with Crippen LogP contribution in [0.3, 0.4) is 0 Å². The van der Waals surface area contributed by atoms with Crippen molar-refractivity contribution in [2.75, 3.05) is 19.6 Å². The van der Waals surface area contributed by atoms with Crippen LogP contribution in [0.25, 0.3) is 0 Å². The number of aryl methyl sites for hydroxylation is 1. The fourth-order valence-corrected chi connectivity index (χ4v) is 6.10. The van der Waals surface area contributed by atoms with Crippen molar-refractivity contribution >= 4 is 0 Å². The van der Waals surface area contributed by atoms with Gasteiger partial charge in [-0.15, -0.1) is 0 Å². The van der Waals surface area contributed by atoms with Gasteiger partial charge in [-0.3, -0.25) is 14.8 Å². The van der Waals surface area contributed by atoms with E-state index in [9.17, 15) is 0 Å². The second-order valence-corrected chi connectivity index (χ2v) is 9.30. The lowest BCUT2D eigenvalue weighted by molar-refractivity contribution is -0.133. The number of nitrogens with zero attached hydrogens (tertiary/aromatic N) is 3. The topological polar surface area (TPSA) is 32.5 Å². The van der Waals surface area contributed by atoms with Crippen LogP contribution in [-0.4, -0.2) is 40.5 Å². The number of rotatable bonds is 4. The zero-order valence-corrected chi connectivity index (χ0v) is 17.1. The van der Waals surface area contributed by atoms with Gasteiger partial charge in [0.05, 0.1) is 6.54 Å². The van der Waals surface area contributed by atoms with E-state index in [1.165, 1.54) is 70.1 Å². The summed E-state index contributed by atoms with van der Waals surface area (Å²) in [6.45, 7) is 6.65. The average molecular weight is 380 g/mol. The third-order valence-corrected chi connectivity index (χ3v) is 7.48. The van der Waals surface area contributed by atoms with Gasteiger partial charge in [-0.2, -0.15) is 0 Å². The summed E-state index contributed by atoms with van der Waals surface area (Å²) in [5.41, 5.74) is 2.03. The van der Waals surface area contributed by atoms with Crippen molar-refractivity contribution in [1.82, 2.24) is 14.8 Å². The minimum Gasteiger partial charge on any atom is -0.465 e. The lowest BCUT2D eigenvalue weighted by atomic mass is 9.60. The van der Waals surface area contributed by atoms with Crippen molar-refractivity contribution < 1.29 is 4.42 Å². The van der Waals surface area contributed by atoms with E-state index in [0.29, 0.717) is 11.5 Å². The Kier molecular flexibility index (Phi) is 5.02. The van der Waals surface area contributed by atoms with Gasteiger partial charge in [0.15, 0.2) is 0 Å². The first-order chi connectivity index (χ1) is 13.7. The summed E-state index contributed by atoms with van der Waals surface area (Å²) < 4.78 is 5.78. The number of aromatic nitrogens is 1. The summed E-state index contributed by atoms with van der Waals surface area (Å²) in [5, 5.41) is 0. The van der Waals surface area contributed by atoms with E-state index < -0.39 is 0 Å². The highest BCUT2D eigenvalue weighted by atomic mass is 16.3. The molecule has 0 bridgehead atoms. The predicted molar refractivity (Wildman–Crippen MR) is 111 cm³/mol. The number of hydrogen-bond donors (Lipinski definition) is 0. The predicted octanol–water partition coefficient (Wildman–Crippen LogP) is 4.95. The van der Waals surface area contributed by atoms with Crippen LogP contribution in [0.5, 0.6) is 0 Å². The van der Waals surface area contributed by atoms with Gasteiger partial charge in [0.25, 0.3) is 0 Å². The van der Waals surface area contributed by atoms with Crippen LogP contribution in [0, 0.1) is 12.3 Å². The quantitative estimate of drug-likeness (QED) is 0.752. The van der Waals surface area contributed by atoms with E-state index in [0.717, 1.165) is 24.1 Å². The van der Waals surface area contributed by atoms with E-state index >= 15 is 0 Å². The summed E-state index contributed by atoms with van der Waals surface area (Å²) in [5.74, 6) is 2.12. The lowest BCUT2D eigenvalue weighted by Crippen LogP contribution is -2.63. The highest BCUT2D eigenvalue weighted by Crippen LogP contribution is 2.58. The number of furan rings is 1. The second kappa shape index (κ2) is 7.64. The molecule has 3 aliphatic rings. The van der Waals surface area contributed by atoms with Crippen LogP contribution in [-0.2, 0) is 6.54 Å². The van der Waals surface area contributed by atoms with Crippen LogP contribution in [0.15, 0.2) is 41.1 Å². The van der Waals surface area contributed by atoms with E-state index in [-0.39, 0.29) is 0 Å². The molecule has 4 heterocycles. The molecule has 150 valence electrons. The van der Waals surface area contributed by atoms with Crippen molar-refractivity contribution in [3.05, 3.63) is 53.7 Å². The Hall–Kier alpha value is -1.65. The number of hydrogen-bond acceptors (Lipinski definition) is 4. The molecule has 3 fully saturated rings. The molecular formula is C24H33N3O. The standard InChI is InChI=1S/C24H33N3O/c1-19-5-6-22(28-19)17-26-15-9-21(10-16-26)27-18-24(11-3-2-4-12-24)23(27)20-7-13-25-14-8-20/h5-8,13-14,21,23H,2-4,9-12,15-18H2,1H3. The minimum atomic E-state index is 0.530. The van der Waals surface area contributed by atoms with Crippen molar-refractivity contribution in [2.24, 2.45) is 5.41 Å². The van der Waals surface area contributed by atoms with Crippen molar-refractivity contribution in [2.45, 2.75) is 70.5 Å². The molecule has 0 aromatic carbocycles. The fourth-order valence-electron chi connectivity index (χ4n) is 6.10. The van der Waals surface area contributed by atoms with Gasteiger partial charge in [0.2, 0.25) is 0 Å². The van der Waals surface area contributed by atoms with Crippen LogP contribution in [0.4, 0.5) is 0 Å². The van der Waals surface area contributed by atoms with Gasteiger partial charge in [-0.1, -0.05) is 19.3 Å². The monoisotopic (exact) mass is 379 g/mol. The molecule has 1 unspecified atom stereocenters. The summed E-state index contributed by atoms with van der Waals surface area (Å²) >= 11 is 0. The first-order valence-corrected chi connectivity index (χ1v) is 11.2. The maximum Gasteiger partial charge on any atom is 0.118 e. The third kappa shape index (κ3) is 3.42. The normalized spacial score (nSPS) is 26.4. The Morgan fingerprint density at radius 2 is 1.79 bits per heavy atom. The molecule has 1 saturated carbocycles. The summed E-state index contributed by atoms with van der Waals surface area (Å²) in [4.78, 5) is 9.68. The molecule has 1 spiro atoms.